The summed E-state index contributed by atoms with van der Waals surface area (Å²) in [6.45, 7) is 13.5. The van der Waals surface area contributed by atoms with Crippen LogP contribution in [0, 0.1) is 16.0 Å². The highest BCUT2D eigenvalue weighted by Crippen LogP contribution is 2.55. The van der Waals surface area contributed by atoms with Crippen molar-refractivity contribution >= 4 is 11.8 Å². The second-order valence-corrected chi connectivity index (χ2v) is 14.8. The molecule has 0 bridgehead atoms. The number of hydrogen-bond acceptors (Lipinski definition) is 14. The summed E-state index contributed by atoms with van der Waals surface area (Å²) >= 11 is 0. The summed E-state index contributed by atoms with van der Waals surface area (Å²) in [4.78, 5) is 40.6. The zero-order valence-corrected chi connectivity index (χ0v) is 33.0. The second-order valence-electron chi connectivity index (χ2n) is 14.8. The Morgan fingerprint density at radius 3 is 1.96 bits per heavy atom. The van der Waals surface area contributed by atoms with E-state index >= 15 is 0 Å². The summed E-state index contributed by atoms with van der Waals surface area (Å²) in [5, 5.41) is 9.63. The highest BCUT2D eigenvalue weighted by Gasteiger charge is 2.48. The molecule has 1 aliphatic carbocycles. The molecule has 3 rings (SSSR count). The molecule has 1 aromatic rings. The SMILES string of the molecule is COCCOCCOCCOCCOCCOCCOCC(=O)Oc1cc(C(C)(C)CCCCCCO[N+](=O)[O-])cc2c1[C@@H]1CC(=O)CC[C@H]1C(C)(C)O2. The van der Waals surface area contributed by atoms with Gasteiger partial charge in [0.2, 0.25) is 0 Å². The lowest BCUT2D eigenvalue weighted by Crippen LogP contribution is -2.47. The highest BCUT2D eigenvalue weighted by atomic mass is 16.9. The molecule has 1 aliphatic heterocycles. The zero-order chi connectivity index (χ0) is 39.2. The normalized spacial score (nSPS) is 17.8. The molecule has 0 spiro atoms. The number of ketones is 1. The number of ether oxygens (including phenoxy) is 9. The van der Waals surface area contributed by atoms with E-state index in [-0.39, 0.29) is 49.5 Å². The van der Waals surface area contributed by atoms with Crippen LogP contribution in [-0.2, 0) is 53.0 Å². The quantitative estimate of drug-likeness (QED) is 0.0321. The molecular weight excluding hydrogens is 706 g/mol. The molecule has 15 heteroatoms. The van der Waals surface area contributed by atoms with Crippen LogP contribution in [0.1, 0.15) is 96.1 Å². The first-order valence-corrected chi connectivity index (χ1v) is 19.3. The molecule has 0 unspecified atom stereocenters. The smallest absolute Gasteiger partial charge is 0.337 e. The fourth-order valence-electron chi connectivity index (χ4n) is 6.88. The van der Waals surface area contributed by atoms with Gasteiger partial charge in [0.1, 0.15) is 29.5 Å². The molecule has 54 heavy (non-hydrogen) atoms. The zero-order valence-electron chi connectivity index (χ0n) is 33.0. The second kappa shape index (κ2) is 24.6. The Morgan fingerprint density at radius 2 is 1.39 bits per heavy atom. The number of nitrogens with zero attached hydrogens (tertiary/aromatic N) is 1. The van der Waals surface area contributed by atoms with Crippen molar-refractivity contribution in [3.8, 4) is 11.5 Å². The summed E-state index contributed by atoms with van der Waals surface area (Å²) in [7, 11) is 1.63. The molecule has 0 radical (unpaired) electrons. The van der Waals surface area contributed by atoms with E-state index in [9.17, 15) is 19.7 Å². The Hall–Kier alpha value is -2.92. The molecule has 15 nitrogen and oxygen atoms in total. The van der Waals surface area contributed by atoms with E-state index in [2.05, 4.69) is 32.5 Å². The van der Waals surface area contributed by atoms with Crippen LogP contribution in [0.3, 0.4) is 0 Å². The average molecular weight is 770 g/mol. The summed E-state index contributed by atoms with van der Waals surface area (Å²) in [6, 6.07) is 3.96. The number of unbranched alkanes of at least 4 members (excludes halogenated alkanes) is 3. The van der Waals surface area contributed by atoms with Crippen LogP contribution in [0.15, 0.2) is 12.1 Å². The first-order chi connectivity index (χ1) is 25.9. The van der Waals surface area contributed by atoms with Crippen molar-refractivity contribution in [1.82, 2.24) is 0 Å². The van der Waals surface area contributed by atoms with E-state index in [1.807, 2.05) is 12.1 Å². The van der Waals surface area contributed by atoms with E-state index in [0.29, 0.717) is 103 Å². The van der Waals surface area contributed by atoms with Gasteiger partial charge in [0.05, 0.1) is 85.9 Å². The van der Waals surface area contributed by atoms with Crippen molar-refractivity contribution < 1.29 is 62.1 Å². The molecule has 0 N–H and O–H groups in total. The molecule has 2 aliphatic rings. The molecule has 1 heterocycles. The molecule has 1 fully saturated rings. The minimum Gasteiger partial charge on any atom is -0.487 e. The number of Topliss-reactive ketones (excluding diaryl/α,β-unsaturated/α-hetero) is 1. The maximum Gasteiger partial charge on any atom is 0.337 e. The largest absolute Gasteiger partial charge is 0.487 e. The maximum absolute atomic E-state index is 13.1. The lowest BCUT2D eigenvalue weighted by Gasteiger charge is -2.47. The maximum atomic E-state index is 13.1. The van der Waals surface area contributed by atoms with E-state index in [4.69, 9.17) is 42.6 Å². The van der Waals surface area contributed by atoms with Crippen molar-refractivity contribution in [3.63, 3.8) is 0 Å². The van der Waals surface area contributed by atoms with Crippen LogP contribution in [-0.4, -0.2) is 122 Å². The third kappa shape index (κ3) is 16.4. The predicted molar refractivity (Wildman–Crippen MR) is 198 cm³/mol. The van der Waals surface area contributed by atoms with Crippen molar-refractivity contribution in [3.05, 3.63) is 33.4 Å². The van der Waals surface area contributed by atoms with Crippen molar-refractivity contribution in [2.45, 2.75) is 96.0 Å². The van der Waals surface area contributed by atoms with Gasteiger partial charge in [-0.05, 0) is 56.2 Å². The number of rotatable bonds is 30. The van der Waals surface area contributed by atoms with E-state index < -0.39 is 16.7 Å². The predicted octanol–water partition coefficient (Wildman–Crippen LogP) is 5.40. The molecule has 0 aromatic heterocycles. The van der Waals surface area contributed by atoms with Gasteiger partial charge in [-0.3, -0.25) is 4.79 Å². The van der Waals surface area contributed by atoms with Gasteiger partial charge in [-0.15, -0.1) is 10.1 Å². The first-order valence-electron chi connectivity index (χ1n) is 19.3. The van der Waals surface area contributed by atoms with Crippen molar-refractivity contribution in [2.24, 2.45) is 5.92 Å². The molecule has 1 saturated carbocycles. The lowest BCUT2D eigenvalue weighted by atomic mass is 9.66. The standard InChI is InChI=1S/C39H63NO14/c1-38(2,12-8-6-7-9-13-52-40(43)44)30-26-34(37-32-28-31(41)10-11-33(32)39(3,4)54-35(37)27-30)53-36(42)29-51-25-24-50-23-22-49-21-20-48-19-18-47-17-16-46-15-14-45-5/h26-27,32-33H,6-25,28-29H2,1-5H3/t32-,33-/m1/s1. The third-order valence-corrected chi connectivity index (χ3v) is 9.82. The molecule has 1 aromatic carbocycles. The van der Waals surface area contributed by atoms with E-state index in [1.165, 1.54) is 0 Å². The minimum absolute atomic E-state index is 0.0990. The van der Waals surface area contributed by atoms with Crippen molar-refractivity contribution in [1.29, 1.82) is 0 Å². The summed E-state index contributed by atoms with van der Waals surface area (Å²) < 4.78 is 50.4. The number of hydrogen-bond donors (Lipinski definition) is 0. The highest BCUT2D eigenvalue weighted by molar-refractivity contribution is 5.81. The summed E-state index contributed by atoms with van der Waals surface area (Å²) in [5.41, 5.74) is 0.948. The lowest BCUT2D eigenvalue weighted by molar-refractivity contribution is -0.757. The van der Waals surface area contributed by atoms with Crippen molar-refractivity contribution in [2.75, 3.05) is 99.6 Å². The van der Waals surface area contributed by atoms with Crippen LogP contribution in [0.2, 0.25) is 0 Å². The summed E-state index contributed by atoms with van der Waals surface area (Å²) in [5.74, 6) is 0.695. The van der Waals surface area contributed by atoms with Gasteiger partial charge in [-0.2, -0.15) is 0 Å². The van der Waals surface area contributed by atoms with Gasteiger partial charge < -0.3 is 47.5 Å². The number of carbonyl (C=O) groups is 2. The van der Waals surface area contributed by atoms with E-state index in [1.54, 1.807) is 7.11 Å². The monoisotopic (exact) mass is 769 g/mol. The minimum atomic E-state index is -0.762. The fourth-order valence-corrected chi connectivity index (χ4v) is 6.88. The number of benzene rings is 1. The third-order valence-electron chi connectivity index (χ3n) is 9.82. The van der Waals surface area contributed by atoms with Gasteiger partial charge in [-0.25, -0.2) is 4.79 Å². The van der Waals surface area contributed by atoms with Crippen LogP contribution in [0.5, 0.6) is 11.5 Å². The number of esters is 1. The van der Waals surface area contributed by atoms with Crippen LogP contribution in [0.25, 0.3) is 0 Å². The number of methoxy groups -OCH3 is 1. The average Bonchev–Trinajstić information content (AvgIpc) is 3.11. The van der Waals surface area contributed by atoms with Gasteiger partial charge >= 0.3 is 5.97 Å². The number of carbonyl (C=O) groups excluding carboxylic acids is 2. The molecule has 2 atom stereocenters. The Morgan fingerprint density at radius 1 is 0.833 bits per heavy atom. The topological polar surface area (TPSA) is 170 Å². The first kappa shape index (κ1) is 45.5. The Balaban J connectivity index is 1.43. The molecule has 0 saturated heterocycles. The molecular formula is C39H63NO14. The summed E-state index contributed by atoms with van der Waals surface area (Å²) in [6.07, 6.45) is 5.70. The number of fused-ring (bicyclic) bond motifs is 3. The van der Waals surface area contributed by atoms with Crippen LogP contribution >= 0.6 is 0 Å². The Kier molecular flexibility index (Phi) is 20.7. The fraction of sp³-hybridized carbons (Fsp3) is 0.795. The Labute approximate surface area is 320 Å². The van der Waals surface area contributed by atoms with Crippen LogP contribution < -0.4 is 9.47 Å². The molecule has 308 valence electrons. The van der Waals surface area contributed by atoms with E-state index in [0.717, 1.165) is 36.8 Å². The molecule has 0 amide bonds. The Bertz CT molecular complexity index is 1270. The van der Waals surface area contributed by atoms with Gasteiger partial charge in [0.15, 0.2) is 0 Å². The van der Waals surface area contributed by atoms with Gasteiger partial charge in [0, 0.05) is 37.4 Å². The van der Waals surface area contributed by atoms with Crippen LogP contribution in [0.4, 0.5) is 0 Å². The van der Waals surface area contributed by atoms with Gasteiger partial charge in [0.25, 0.3) is 5.09 Å². The van der Waals surface area contributed by atoms with Gasteiger partial charge in [-0.1, -0.05) is 33.1 Å².